The number of alkyl halides is 2. The average Bonchev–Trinajstić information content (AvgIpc) is 3.45. The van der Waals surface area contributed by atoms with Crippen molar-refractivity contribution in [2.45, 2.75) is 39.0 Å². The lowest BCUT2D eigenvalue weighted by molar-refractivity contribution is -0.135. The van der Waals surface area contributed by atoms with Gasteiger partial charge in [0.15, 0.2) is 0 Å². The SMILES string of the molecule is CCOC(=O)/C=c1\s/c(=C/c2ccc(OC(F)F)cc2)c(=O)n1CC(=O)NC1CC1. The second-order valence-electron chi connectivity index (χ2n) is 6.53. The lowest BCUT2D eigenvalue weighted by Crippen LogP contribution is -2.39. The van der Waals surface area contributed by atoms with E-state index in [9.17, 15) is 23.2 Å². The van der Waals surface area contributed by atoms with Gasteiger partial charge >= 0.3 is 12.6 Å². The molecule has 1 amide bonds. The number of carbonyl (C=O) groups is 2. The summed E-state index contributed by atoms with van der Waals surface area (Å²) in [5.41, 5.74) is 0.140. The quantitative estimate of drug-likeness (QED) is 0.621. The van der Waals surface area contributed by atoms with Crippen LogP contribution in [0.3, 0.4) is 0 Å². The second-order valence-corrected chi connectivity index (χ2v) is 7.59. The molecule has 1 heterocycles. The Kier molecular flexibility index (Phi) is 6.99. The molecule has 2 aromatic rings. The number of ether oxygens (including phenoxy) is 2. The van der Waals surface area contributed by atoms with Crippen LogP contribution in [0, 0.1) is 0 Å². The first-order valence-corrected chi connectivity index (χ1v) is 10.1. The molecule has 0 unspecified atom stereocenters. The molecule has 0 aliphatic heterocycles. The molecule has 1 aromatic carbocycles. The molecule has 30 heavy (non-hydrogen) atoms. The summed E-state index contributed by atoms with van der Waals surface area (Å²) in [4.78, 5) is 36.9. The van der Waals surface area contributed by atoms with Crippen LogP contribution in [0.25, 0.3) is 12.2 Å². The second kappa shape index (κ2) is 9.66. The van der Waals surface area contributed by atoms with Crippen molar-refractivity contribution >= 4 is 35.4 Å². The molecule has 0 radical (unpaired) electrons. The first-order chi connectivity index (χ1) is 14.4. The molecule has 1 aliphatic rings. The van der Waals surface area contributed by atoms with Crippen molar-refractivity contribution in [2.24, 2.45) is 0 Å². The van der Waals surface area contributed by atoms with Gasteiger partial charge in [-0.1, -0.05) is 12.1 Å². The van der Waals surface area contributed by atoms with E-state index in [4.69, 9.17) is 4.74 Å². The largest absolute Gasteiger partial charge is 0.463 e. The number of nitrogens with zero attached hydrogens (tertiary/aromatic N) is 1. The van der Waals surface area contributed by atoms with Crippen molar-refractivity contribution < 1.29 is 27.8 Å². The number of benzene rings is 1. The Labute approximate surface area is 174 Å². The summed E-state index contributed by atoms with van der Waals surface area (Å²) in [6.45, 7) is -1.30. The van der Waals surface area contributed by atoms with Crippen molar-refractivity contribution in [1.29, 1.82) is 0 Å². The maximum Gasteiger partial charge on any atom is 0.387 e. The normalized spacial score (nSPS) is 14.8. The number of aromatic nitrogens is 1. The highest BCUT2D eigenvalue weighted by atomic mass is 32.1. The van der Waals surface area contributed by atoms with Gasteiger partial charge in [-0.2, -0.15) is 8.78 Å². The summed E-state index contributed by atoms with van der Waals surface area (Å²) in [6.07, 6.45) is 4.56. The molecule has 0 bridgehead atoms. The van der Waals surface area contributed by atoms with E-state index in [1.54, 1.807) is 13.0 Å². The molecule has 160 valence electrons. The van der Waals surface area contributed by atoms with Gasteiger partial charge in [-0.25, -0.2) is 4.79 Å². The fraction of sp³-hybridized carbons (Fsp3) is 0.350. The summed E-state index contributed by atoms with van der Waals surface area (Å²) in [7, 11) is 0. The van der Waals surface area contributed by atoms with E-state index in [1.165, 1.54) is 34.9 Å². The molecule has 1 aliphatic carbocycles. The van der Waals surface area contributed by atoms with Crippen LogP contribution in [0.15, 0.2) is 29.1 Å². The Morgan fingerprint density at radius 1 is 1.30 bits per heavy atom. The van der Waals surface area contributed by atoms with Gasteiger partial charge in [0.05, 0.1) is 17.2 Å². The van der Waals surface area contributed by atoms with Gasteiger partial charge in [0.25, 0.3) is 5.56 Å². The van der Waals surface area contributed by atoms with Crippen LogP contribution >= 0.6 is 11.3 Å². The fourth-order valence-electron chi connectivity index (χ4n) is 2.62. The first kappa shape index (κ1) is 21.7. The van der Waals surface area contributed by atoms with Crippen LogP contribution in [0.4, 0.5) is 8.78 Å². The smallest absolute Gasteiger partial charge is 0.387 e. The van der Waals surface area contributed by atoms with E-state index >= 15 is 0 Å². The van der Waals surface area contributed by atoms with Gasteiger partial charge in [0.2, 0.25) is 5.91 Å². The third-order valence-electron chi connectivity index (χ3n) is 4.11. The Bertz CT molecular complexity index is 1090. The molecular weight excluding hydrogens is 418 g/mol. The number of nitrogens with one attached hydrogen (secondary N) is 1. The predicted octanol–water partition coefficient (Wildman–Crippen LogP) is 0.962. The van der Waals surface area contributed by atoms with E-state index in [2.05, 4.69) is 10.1 Å². The minimum atomic E-state index is -2.92. The molecule has 1 saturated carbocycles. The lowest BCUT2D eigenvalue weighted by atomic mass is 10.2. The molecule has 0 saturated heterocycles. The number of thiazole rings is 1. The molecular formula is C20H20F2N2O5S. The molecule has 1 aromatic heterocycles. The molecule has 7 nitrogen and oxygen atoms in total. The van der Waals surface area contributed by atoms with Gasteiger partial charge < -0.3 is 14.8 Å². The summed E-state index contributed by atoms with van der Waals surface area (Å²) in [6, 6.07) is 5.91. The van der Waals surface area contributed by atoms with Gasteiger partial charge in [0.1, 0.15) is 17.0 Å². The van der Waals surface area contributed by atoms with Crippen LogP contribution in [0.2, 0.25) is 0 Å². The number of carbonyl (C=O) groups excluding carboxylic acids is 2. The topological polar surface area (TPSA) is 86.6 Å². The maximum absolute atomic E-state index is 12.8. The first-order valence-electron chi connectivity index (χ1n) is 9.30. The standard InChI is InChI=1S/C20H20F2N2O5S/c1-2-28-18(26)10-17-24(11-16(25)23-13-5-6-13)19(27)15(30-17)9-12-3-7-14(8-4-12)29-20(21)22/h3-4,7-10,13,20H,2,5-6,11H2,1H3,(H,23,25)/b15-9+,17-10-. The van der Waals surface area contributed by atoms with Crippen LogP contribution < -0.4 is 24.8 Å². The summed E-state index contributed by atoms with van der Waals surface area (Å²) in [5, 5.41) is 2.81. The molecule has 1 N–H and O–H groups in total. The van der Waals surface area contributed by atoms with Gasteiger partial charge in [0, 0.05) is 6.04 Å². The third-order valence-corrected chi connectivity index (χ3v) is 5.17. The highest BCUT2D eigenvalue weighted by Crippen LogP contribution is 2.18. The zero-order chi connectivity index (χ0) is 21.7. The predicted molar refractivity (Wildman–Crippen MR) is 107 cm³/mol. The fourth-order valence-corrected chi connectivity index (χ4v) is 3.65. The number of rotatable bonds is 8. The third kappa shape index (κ3) is 5.99. The van der Waals surface area contributed by atoms with E-state index in [0.29, 0.717) is 5.56 Å². The van der Waals surface area contributed by atoms with Crippen LogP contribution in [0.5, 0.6) is 5.75 Å². The summed E-state index contributed by atoms with van der Waals surface area (Å²) in [5.74, 6) is -0.926. The monoisotopic (exact) mass is 438 g/mol. The van der Waals surface area contributed by atoms with Crippen LogP contribution in [0.1, 0.15) is 25.3 Å². The van der Waals surface area contributed by atoms with Crippen molar-refractivity contribution in [2.75, 3.05) is 6.61 Å². The van der Waals surface area contributed by atoms with Gasteiger partial charge in [-0.15, -0.1) is 11.3 Å². The zero-order valence-corrected chi connectivity index (χ0v) is 16.9. The molecule has 1 fully saturated rings. The Morgan fingerprint density at radius 3 is 2.60 bits per heavy atom. The van der Waals surface area contributed by atoms with Crippen molar-refractivity contribution in [1.82, 2.24) is 9.88 Å². The van der Waals surface area contributed by atoms with Crippen molar-refractivity contribution in [3.05, 3.63) is 49.4 Å². The molecule has 0 atom stereocenters. The average molecular weight is 438 g/mol. The van der Waals surface area contributed by atoms with Crippen molar-refractivity contribution in [3.63, 3.8) is 0 Å². The molecule has 3 rings (SSSR count). The summed E-state index contributed by atoms with van der Waals surface area (Å²) >= 11 is 1.03. The van der Waals surface area contributed by atoms with E-state index < -0.39 is 18.1 Å². The van der Waals surface area contributed by atoms with E-state index in [0.717, 1.165) is 24.2 Å². The Hall–Kier alpha value is -3.01. The Balaban J connectivity index is 1.95. The highest BCUT2D eigenvalue weighted by molar-refractivity contribution is 7.07. The molecule has 10 heteroatoms. The summed E-state index contributed by atoms with van der Waals surface area (Å²) < 4.78 is 35.5. The molecule has 0 spiro atoms. The number of esters is 1. The van der Waals surface area contributed by atoms with E-state index in [1.807, 2.05) is 0 Å². The van der Waals surface area contributed by atoms with Crippen LogP contribution in [-0.4, -0.2) is 35.7 Å². The lowest BCUT2D eigenvalue weighted by Gasteiger charge is -2.04. The number of hydrogen-bond acceptors (Lipinski definition) is 6. The van der Waals surface area contributed by atoms with E-state index in [-0.39, 0.29) is 40.0 Å². The number of hydrogen-bond donors (Lipinski definition) is 1. The number of amides is 1. The van der Waals surface area contributed by atoms with Gasteiger partial charge in [-0.3, -0.25) is 14.2 Å². The van der Waals surface area contributed by atoms with Crippen LogP contribution in [-0.2, 0) is 20.9 Å². The van der Waals surface area contributed by atoms with Gasteiger partial charge in [-0.05, 0) is 43.5 Å². The minimum Gasteiger partial charge on any atom is -0.463 e. The minimum absolute atomic E-state index is 0.00109. The number of halogens is 2. The Morgan fingerprint density at radius 2 is 2.00 bits per heavy atom. The highest BCUT2D eigenvalue weighted by Gasteiger charge is 2.23. The maximum atomic E-state index is 12.8. The zero-order valence-electron chi connectivity index (χ0n) is 16.1. The van der Waals surface area contributed by atoms with Crippen molar-refractivity contribution in [3.8, 4) is 5.75 Å².